The van der Waals surface area contributed by atoms with Crippen molar-refractivity contribution in [2.75, 3.05) is 26.0 Å². The molecule has 0 fully saturated rings. The Morgan fingerprint density at radius 3 is 2.54 bits per heavy atom. The number of aryl methyl sites for hydroxylation is 1. The van der Waals surface area contributed by atoms with Gasteiger partial charge < -0.3 is 14.8 Å². The maximum absolute atomic E-state index is 12.7. The van der Waals surface area contributed by atoms with Crippen molar-refractivity contribution in [2.24, 2.45) is 0 Å². The van der Waals surface area contributed by atoms with Gasteiger partial charge in [0.1, 0.15) is 0 Å². The predicted octanol–water partition coefficient (Wildman–Crippen LogP) is 3.52. The Kier molecular flexibility index (Phi) is 6.61. The van der Waals surface area contributed by atoms with Gasteiger partial charge in [0.2, 0.25) is 5.91 Å². The average Bonchev–Trinajstić information content (AvgIpc) is 2.69. The summed E-state index contributed by atoms with van der Waals surface area (Å²) in [7, 11) is 3.97. The smallest absolute Gasteiger partial charge is 0.258 e. The number of benzene rings is 2. The number of fused-ring (bicyclic) bond motifs is 1. The second kappa shape index (κ2) is 9.33. The molecule has 0 unspecified atom stereocenters. The van der Waals surface area contributed by atoms with Gasteiger partial charge in [-0.1, -0.05) is 36.4 Å². The highest BCUT2D eigenvalue weighted by molar-refractivity contribution is 6.01. The van der Waals surface area contributed by atoms with Crippen LogP contribution in [0.3, 0.4) is 0 Å². The first-order chi connectivity index (χ1) is 13.5. The van der Waals surface area contributed by atoms with Crippen LogP contribution in [0.1, 0.15) is 18.4 Å². The Balaban J connectivity index is 1.68. The summed E-state index contributed by atoms with van der Waals surface area (Å²) in [6.07, 6.45) is 3.92. The van der Waals surface area contributed by atoms with Crippen molar-refractivity contribution in [2.45, 2.75) is 25.8 Å². The van der Waals surface area contributed by atoms with Crippen molar-refractivity contribution in [3.8, 4) is 0 Å². The van der Waals surface area contributed by atoms with Crippen LogP contribution in [-0.2, 0) is 17.8 Å². The first kappa shape index (κ1) is 19.8. The highest BCUT2D eigenvalue weighted by Gasteiger charge is 2.09. The van der Waals surface area contributed by atoms with E-state index in [4.69, 9.17) is 0 Å². The van der Waals surface area contributed by atoms with Crippen LogP contribution < -0.4 is 10.9 Å². The molecule has 3 rings (SSSR count). The molecule has 1 N–H and O–H groups in total. The lowest BCUT2D eigenvalue weighted by Crippen LogP contribution is -2.26. The fourth-order valence-electron chi connectivity index (χ4n) is 3.22. The lowest BCUT2D eigenvalue weighted by molar-refractivity contribution is -0.116. The van der Waals surface area contributed by atoms with E-state index in [-0.39, 0.29) is 11.5 Å². The summed E-state index contributed by atoms with van der Waals surface area (Å²) >= 11 is 0. The molecule has 1 amide bonds. The van der Waals surface area contributed by atoms with Crippen LogP contribution in [0.5, 0.6) is 0 Å². The molecule has 146 valence electrons. The molecule has 0 radical (unpaired) electrons. The van der Waals surface area contributed by atoms with E-state index in [1.807, 2.05) is 61.5 Å². The SMILES string of the molecule is CN(C)CCn1ccc2c(NC(=O)CCCc3ccccc3)cccc2c1=O. The fourth-order valence-corrected chi connectivity index (χ4v) is 3.22. The van der Waals surface area contributed by atoms with Gasteiger partial charge in [0.05, 0.1) is 0 Å². The highest BCUT2D eigenvalue weighted by Crippen LogP contribution is 2.21. The van der Waals surface area contributed by atoms with E-state index in [9.17, 15) is 9.59 Å². The molecule has 3 aromatic rings. The van der Waals surface area contributed by atoms with Crippen molar-refractivity contribution >= 4 is 22.4 Å². The first-order valence-electron chi connectivity index (χ1n) is 9.65. The monoisotopic (exact) mass is 377 g/mol. The van der Waals surface area contributed by atoms with E-state index in [0.29, 0.717) is 24.0 Å². The molecule has 28 heavy (non-hydrogen) atoms. The number of amides is 1. The van der Waals surface area contributed by atoms with Crippen LogP contribution in [0.4, 0.5) is 5.69 Å². The third kappa shape index (κ3) is 5.08. The number of anilines is 1. The van der Waals surface area contributed by atoms with Crippen molar-refractivity contribution in [1.82, 2.24) is 9.47 Å². The quantitative estimate of drug-likeness (QED) is 0.653. The van der Waals surface area contributed by atoms with Gasteiger partial charge in [-0.3, -0.25) is 9.59 Å². The molecule has 1 aromatic heterocycles. The molecule has 0 saturated heterocycles. The van der Waals surface area contributed by atoms with E-state index >= 15 is 0 Å². The minimum absolute atomic E-state index is 0.0276. The van der Waals surface area contributed by atoms with Crippen LogP contribution in [0.2, 0.25) is 0 Å². The number of carbonyl (C=O) groups excluding carboxylic acids is 1. The topological polar surface area (TPSA) is 54.3 Å². The Morgan fingerprint density at radius 1 is 1.00 bits per heavy atom. The standard InChI is InChI=1S/C23H27N3O2/c1-25(2)16-17-26-15-14-19-20(23(26)28)11-7-12-21(19)24-22(27)13-6-10-18-8-4-3-5-9-18/h3-5,7-9,11-12,14-15H,6,10,13,16-17H2,1-2H3,(H,24,27). The third-order valence-electron chi connectivity index (χ3n) is 4.79. The normalized spacial score (nSPS) is 11.1. The molecule has 0 saturated carbocycles. The minimum atomic E-state index is -0.0282. The lowest BCUT2D eigenvalue weighted by atomic mass is 10.1. The average molecular weight is 377 g/mol. The summed E-state index contributed by atoms with van der Waals surface area (Å²) in [6.45, 7) is 1.43. The van der Waals surface area contributed by atoms with Gasteiger partial charge in [0.15, 0.2) is 0 Å². The zero-order valence-corrected chi connectivity index (χ0v) is 16.5. The molecule has 2 aromatic carbocycles. The molecular weight excluding hydrogens is 350 g/mol. The zero-order valence-electron chi connectivity index (χ0n) is 16.5. The number of aromatic nitrogens is 1. The first-order valence-corrected chi connectivity index (χ1v) is 9.65. The number of nitrogens with zero attached hydrogens (tertiary/aromatic N) is 2. The number of likely N-dealkylation sites (N-methyl/N-ethyl adjacent to an activating group) is 1. The Morgan fingerprint density at radius 2 is 1.79 bits per heavy atom. The van der Waals surface area contributed by atoms with Gasteiger partial charge in [-0.25, -0.2) is 0 Å². The van der Waals surface area contributed by atoms with Gasteiger partial charge in [-0.2, -0.15) is 0 Å². The van der Waals surface area contributed by atoms with Crippen LogP contribution in [0.15, 0.2) is 65.6 Å². The summed E-state index contributed by atoms with van der Waals surface area (Å²) in [5, 5.41) is 4.38. The number of rotatable bonds is 8. The predicted molar refractivity (Wildman–Crippen MR) is 115 cm³/mol. The van der Waals surface area contributed by atoms with Crippen LogP contribution in [0.25, 0.3) is 10.8 Å². The number of carbonyl (C=O) groups is 1. The third-order valence-corrected chi connectivity index (χ3v) is 4.79. The number of hydrogen-bond donors (Lipinski definition) is 1. The van der Waals surface area contributed by atoms with Gasteiger partial charge in [0, 0.05) is 42.2 Å². The van der Waals surface area contributed by atoms with E-state index in [1.165, 1.54) is 5.56 Å². The molecule has 0 spiro atoms. The van der Waals surface area contributed by atoms with Gasteiger partial charge in [-0.05, 0) is 50.7 Å². The van der Waals surface area contributed by atoms with E-state index in [2.05, 4.69) is 17.4 Å². The molecule has 5 heteroatoms. The van der Waals surface area contributed by atoms with E-state index in [0.717, 1.165) is 24.8 Å². The number of hydrogen-bond acceptors (Lipinski definition) is 3. The Hall–Kier alpha value is -2.92. The summed E-state index contributed by atoms with van der Waals surface area (Å²) in [4.78, 5) is 27.2. The van der Waals surface area contributed by atoms with Crippen LogP contribution >= 0.6 is 0 Å². The molecule has 0 bridgehead atoms. The van der Waals surface area contributed by atoms with E-state index in [1.54, 1.807) is 10.8 Å². The van der Waals surface area contributed by atoms with Crippen LogP contribution in [0, 0.1) is 0 Å². The van der Waals surface area contributed by atoms with Crippen molar-refractivity contribution in [3.63, 3.8) is 0 Å². The highest BCUT2D eigenvalue weighted by atomic mass is 16.1. The maximum atomic E-state index is 12.7. The van der Waals surface area contributed by atoms with Crippen molar-refractivity contribution in [3.05, 3.63) is 76.7 Å². The summed E-state index contributed by atoms with van der Waals surface area (Å²) in [5.41, 5.74) is 1.90. The van der Waals surface area contributed by atoms with Crippen LogP contribution in [-0.4, -0.2) is 36.0 Å². The molecule has 1 heterocycles. The molecule has 0 aliphatic carbocycles. The second-order valence-electron chi connectivity index (χ2n) is 7.27. The molecule has 0 aliphatic rings. The van der Waals surface area contributed by atoms with E-state index < -0.39 is 0 Å². The maximum Gasteiger partial charge on any atom is 0.258 e. The summed E-state index contributed by atoms with van der Waals surface area (Å²) < 4.78 is 1.72. The Bertz CT molecular complexity index is 994. The minimum Gasteiger partial charge on any atom is -0.326 e. The van der Waals surface area contributed by atoms with Gasteiger partial charge in [0.25, 0.3) is 5.56 Å². The van der Waals surface area contributed by atoms with Crippen molar-refractivity contribution < 1.29 is 4.79 Å². The Labute approximate surface area is 165 Å². The fraction of sp³-hybridized carbons (Fsp3) is 0.304. The molecule has 0 atom stereocenters. The number of pyridine rings is 1. The molecular formula is C23H27N3O2. The second-order valence-corrected chi connectivity index (χ2v) is 7.27. The number of nitrogens with one attached hydrogen (secondary N) is 1. The summed E-state index contributed by atoms with van der Waals surface area (Å²) in [6, 6.07) is 17.5. The molecule has 5 nitrogen and oxygen atoms in total. The zero-order chi connectivity index (χ0) is 19.9. The van der Waals surface area contributed by atoms with Gasteiger partial charge >= 0.3 is 0 Å². The largest absolute Gasteiger partial charge is 0.326 e. The lowest BCUT2D eigenvalue weighted by Gasteiger charge is -2.13. The molecule has 0 aliphatic heterocycles. The van der Waals surface area contributed by atoms with Crippen molar-refractivity contribution in [1.29, 1.82) is 0 Å². The summed E-state index contributed by atoms with van der Waals surface area (Å²) in [5.74, 6) is -0.0276. The van der Waals surface area contributed by atoms with Gasteiger partial charge in [-0.15, -0.1) is 0 Å².